The molecule has 0 fully saturated rings. The predicted octanol–water partition coefficient (Wildman–Crippen LogP) is 2.66. The van der Waals surface area contributed by atoms with E-state index < -0.39 is 0 Å². The van der Waals surface area contributed by atoms with Crippen LogP contribution in [-0.2, 0) is 6.54 Å². The van der Waals surface area contributed by atoms with Gasteiger partial charge in [-0.25, -0.2) is 9.07 Å². The van der Waals surface area contributed by atoms with E-state index >= 15 is 0 Å². The third-order valence-corrected chi connectivity index (χ3v) is 3.98. The molecule has 1 aliphatic heterocycles. The lowest BCUT2D eigenvalue weighted by Crippen LogP contribution is -2.25. The second-order valence-corrected chi connectivity index (χ2v) is 5.48. The fraction of sp³-hybridized carbons (Fsp3) is 0.118. The molecule has 0 bridgehead atoms. The Hall–Kier alpha value is -3.02. The highest BCUT2D eigenvalue weighted by molar-refractivity contribution is 5.98. The number of hydrogen-bond donors (Lipinski definition) is 0. The summed E-state index contributed by atoms with van der Waals surface area (Å²) in [7, 11) is 1.75. The number of halogens is 1. The van der Waals surface area contributed by atoms with Gasteiger partial charge in [-0.3, -0.25) is 4.79 Å². The molecule has 1 amide bonds. The maximum atomic E-state index is 13.1. The van der Waals surface area contributed by atoms with E-state index in [9.17, 15) is 9.18 Å². The van der Waals surface area contributed by atoms with Crippen LogP contribution in [0, 0.1) is 5.82 Å². The molecule has 0 atom stereocenters. The molecule has 114 valence electrons. The second kappa shape index (κ2) is 5.01. The van der Waals surface area contributed by atoms with E-state index in [2.05, 4.69) is 10.3 Å². The zero-order chi connectivity index (χ0) is 16.0. The number of amides is 1. The fourth-order valence-electron chi connectivity index (χ4n) is 2.81. The first-order valence-corrected chi connectivity index (χ1v) is 7.20. The molecule has 0 aliphatic carbocycles. The normalized spacial score (nSPS) is 13.5. The van der Waals surface area contributed by atoms with Crippen molar-refractivity contribution < 1.29 is 9.18 Å². The van der Waals surface area contributed by atoms with Gasteiger partial charge in [0.1, 0.15) is 11.5 Å². The number of carbonyl (C=O) groups is 1. The van der Waals surface area contributed by atoms with E-state index in [1.165, 1.54) is 12.1 Å². The number of benzene rings is 2. The van der Waals surface area contributed by atoms with Crippen molar-refractivity contribution >= 4 is 5.91 Å². The van der Waals surface area contributed by atoms with Crippen molar-refractivity contribution in [2.45, 2.75) is 6.54 Å². The van der Waals surface area contributed by atoms with E-state index in [0.29, 0.717) is 23.5 Å². The largest absolute Gasteiger partial charge is 0.336 e. The fourth-order valence-corrected chi connectivity index (χ4v) is 2.81. The molecule has 3 aromatic rings. The summed E-state index contributed by atoms with van der Waals surface area (Å²) in [5.41, 5.74) is 3.52. The van der Waals surface area contributed by atoms with Gasteiger partial charge in [-0.2, -0.15) is 0 Å². The Labute approximate surface area is 132 Å². The first kappa shape index (κ1) is 13.6. The van der Waals surface area contributed by atoms with E-state index in [1.54, 1.807) is 34.8 Å². The average molecular weight is 308 g/mol. The summed E-state index contributed by atoms with van der Waals surface area (Å²) in [4.78, 5) is 14.1. The van der Waals surface area contributed by atoms with Crippen molar-refractivity contribution in [3.05, 3.63) is 65.6 Å². The van der Waals surface area contributed by atoms with Gasteiger partial charge in [0.25, 0.3) is 5.91 Å². The molecule has 2 heterocycles. The third kappa shape index (κ3) is 2.11. The minimum Gasteiger partial charge on any atom is -0.336 e. The summed E-state index contributed by atoms with van der Waals surface area (Å²) in [5, 5.41) is 8.47. The summed E-state index contributed by atoms with van der Waals surface area (Å²) < 4.78 is 14.8. The van der Waals surface area contributed by atoms with Crippen LogP contribution in [0.25, 0.3) is 16.9 Å². The Morgan fingerprint density at radius 3 is 2.61 bits per heavy atom. The zero-order valence-corrected chi connectivity index (χ0v) is 12.4. The summed E-state index contributed by atoms with van der Waals surface area (Å²) >= 11 is 0. The van der Waals surface area contributed by atoms with Crippen LogP contribution in [0.15, 0.2) is 48.5 Å². The van der Waals surface area contributed by atoms with Gasteiger partial charge in [0.2, 0.25) is 0 Å². The Balaban J connectivity index is 1.94. The summed E-state index contributed by atoms with van der Waals surface area (Å²) in [6, 6.07) is 13.4. The highest BCUT2D eigenvalue weighted by Crippen LogP contribution is 2.29. The number of rotatable bonds is 1. The Morgan fingerprint density at radius 2 is 1.83 bits per heavy atom. The molecule has 23 heavy (non-hydrogen) atoms. The number of carbonyl (C=O) groups excluding carboxylic acids is 1. The molecule has 2 aromatic carbocycles. The van der Waals surface area contributed by atoms with E-state index in [0.717, 1.165) is 11.3 Å². The van der Waals surface area contributed by atoms with Crippen LogP contribution in [0.4, 0.5) is 4.39 Å². The van der Waals surface area contributed by atoms with Gasteiger partial charge in [-0.15, -0.1) is 5.10 Å². The number of para-hydroxylation sites is 1. The molecular formula is C17H13FN4O. The van der Waals surface area contributed by atoms with Crippen molar-refractivity contribution in [3.8, 4) is 16.9 Å². The number of fused-ring (bicyclic) bond motifs is 3. The zero-order valence-electron chi connectivity index (χ0n) is 12.4. The van der Waals surface area contributed by atoms with E-state index in [-0.39, 0.29) is 11.7 Å². The van der Waals surface area contributed by atoms with E-state index in [1.807, 2.05) is 18.2 Å². The van der Waals surface area contributed by atoms with E-state index in [4.69, 9.17) is 0 Å². The van der Waals surface area contributed by atoms with Crippen molar-refractivity contribution in [3.63, 3.8) is 0 Å². The van der Waals surface area contributed by atoms with Crippen molar-refractivity contribution in [2.24, 2.45) is 0 Å². The van der Waals surface area contributed by atoms with Gasteiger partial charge in [0.15, 0.2) is 0 Å². The second-order valence-electron chi connectivity index (χ2n) is 5.48. The Kier molecular flexibility index (Phi) is 2.97. The molecule has 6 heteroatoms. The molecule has 0 radical (unpaired) electrons. The minimum absolute atomic E-state index is 0.0591. The SMILES string of the molecule is CN1Cc2c(-c3ccc(F)cc3)nnn2-c2ccccc2C1=O. The highest BCUT2D eigenvalue weighted by atomic mass is 19.1. The molecule has 0 unspecified atom stereocenters. The van der Waals surface area contributed by atoms with Crippen molar-refractivity contribution in [1.82, 2.24) is 19.9 Å². The average Bonchev–Trinajstić information content (AvgIpc) is 2.94. The van der Waals surface area contributed by atoms with Gasteiger partial charge < -0.3 is 4.90 Å². The smallest absolute Gasteiger partial charge is 0.256 e. The molecule has 0 saturated heterocycles. The van der Waals surface area contributed by atoms with Gasteiger partial charge >= 0.3 is 0 Å². The lowest BCUT2D eigenvalue weighted by molar-refractivity contribution is 0.0788. The quantitative estimate of drug-likeness (QED) is 0.694. The third-order valence-electron chi connectivity index (χ3n) is 3.98. The maximum absolute atomic E-state index is 13.1. The lowest BCUT2D eigenvalue weighted by Gasteiger charge is -2.14. The monoisotopic (exact) mass is 308 g/mol. The lowest BCUT2D eigenvalue weighted by atomic mass is 10.1. The molecule has 5 nitrogen and oxygen atoms in total. The first-order valence-electron chi connectivity index (χ1n) is 7.20. The highest BCUT2D eigenvalue weighted by Gasteiger charge is 2.27. The molecule has 0 spiro atoms. The van der Waals surface area contributed by atoms with Crippen LogP contribution in [0.3, 0.4) is 0 Å². The summed E-state index contributed by atoms with van der Waals surface area (Å²) in [5.74, 6) is -0.360. The molecule has 1 aliphatic rings. The molecular weight excluding hydrogens is 295 g/mol. The molecule has 1 aromatic heterocycles. The molecule has 0 N–H and O–H groups in total. The van der Waals surface area contributed by atoms with Gasteiger partial charge in [-0.05, 0) is 36.4 Å². The molecule has 4 rings (SSSR count). The number of hydrogen-bond acceptors (Lipinski definition) is 3. The molecule has 0 saturated carbocycles. The maximum Gasteiger partial charge on any atom is 0.256 e. The topological polar surface area (TPSA) is 51.0 Å². The van der Waals surface area contributed by atoms with Gasteiger partial charge in [0.05, 0.1) is 23.5 Å². The van der Waals surface area contributed by atoms with Crippen LogP contribution >= 0.6 is 0 Å². The number of nitrogens with zero attached hydrogens (tertiary/aromatic N) is 4. The standard InChI is InChI=1S/C17H13FN4O/c1-21-10-15-16(11-6-8-12(18)9-7-11)19-20-22(15)14-5-3-2-4-13(14)17(21)23/h2-9H,10H2,1H3. The first-order chi connectivity index (χ1) is 11.1. The predicted molar refractivity (Wildman–Crippen MR) is 82.6 cm³/mol. The van der Waals surface area contributed by atoms with Crippen molar-refractivity contribution in [2.75, 3.05) is 7.05 Å². The van der Waals surface area contributed by atoms with Crippen molar-refractivity contribution in [1.29, 1.82) is 0 Å². The van der Waals surface area contributed by atoms with Crippen LogP contribution < -0.4 is 0 Å². The Bertz CT molecular complexity index is 901. The Morgan fingerprint density at radius 1 is 1.09 bits per heavy atom. The van der Waals surface area contributed by atoms with Gasteiger partial charge in [-0.1, -0.05) is 17.3 Å². The van der Waals surface area contributed by atoms with Crippen LogP contribution in [-0.4, -0.2) is 32.8 Å². The summed E-state index contributed by atoms with van der Waals surface area (Å²) in [6.07, 6.45) is 0. The van der Waals surface area contributed by atoms with Crippen LogP contribution in [0.2, 0.25) is 0 Å². The van der Waals surface area contributed by atoms with Crippen LogP contribution in [0.1, 0.15) is 16.1 Å². The minimum atomic E-state index is -0.301. The summed E-state index contributed by atoms with van der Waals surface area (Å²) in [6.45, 7) is 0.382. The van der Waals surface area contributed by atoms with Crippen LogP contribution in [0.5, 0.6) is 0 Å². The van der Waals surface area contributed by atoms with Gasteiger partial charge in [0, 0.05) is 12.6 Å². The number of aromatic nitrogens is 3.